The number of nitrogens with zero attached hydrogens (tertiary/aromatic N) is 1. The molecular weight excluding hydrogens is 210 g/mol. The number of phenols is 1. The van der Waals surface area contributed by atoms with E-state index >= 15 is 0 Å². The molecule has 1 aliphatic heterocycles. The van der Waals surface area contributed by atoms with Crippen molar-refractivity contribution in [3.05, 3.63) is 29.8 Å². The quantitative estimate of drug-likeness (QED) is 0.859. The number of likely N-dealkylation sites (tertiary alicyclic amines) is 1. The fourth-order valence-electron chi connectivity index (χ4n) is 2.85. The van der Waals surface area contributed by atoms with Gasteiger partial charge in [-0.3, -0.25) is 4.90 Å². The Morgan fingerprint density at radius 1 is 1.47 bits per heavy atom. The Hall–Kier alpha value is -1.02. The lowest BCUT2D eigenvalue weighted by atomic mass is 10.0. The van der Waals surface area contributed by atoms with Crippen LogP contribution in [-0.2, 0) is 0 Å². The topological polar surface area (TPSA) is 23.5 Å². The van der Waals surface area contributed by atoms with Crippen molar-refractivity contribution < 1.29 is 5.11 Å². The molecule has 1 aliphatic rings. The van der Waals surface area contributed by atoms with Crippen molar-refractivity contribution >= 4 is 0 Å². The van der Waals surface area contributed by atoms with Gasteiger partial charge in [0.05, 0.1) is 0 Å². The highest BCUT2D eigenvalue weighted by atomic mass is 16.3. The lowest BCUT2D eigenvalue weighted by molar-refractivity contribution is 0.250. The minimum atomic E-state index is 0.374. The van der Waals surface area contributed by atoms with Crippen molar-refractivity contribution in [3.63, 3.8) is 0 Å². The Morgan fingerprint density at radius 3 is 3.00 bits per heavy atom. The fourth-order valence-corrected chi connectivity index (χ4v) is 2.85. The van der Waals surface area contributed by atoms with Crippen LogP contribution in [0.2, 0.25) is 0 Å². The maximum atomic E-state index is 9.52. The summed E-state index contributed by atoms with van der Waals surface area (Å²) < 4.78 is 0. The molecule has 0 bridgehead atoms. The van der Waals surface area contributed by atoms with Gasteiger partial charge < -0.3 is 5.11 Å². The van der Waals surface area contributed by atoms with Gasteiger partial charge in [-0.2, -0.15) is 0 Å². The fraction of sp³-hybridized carbons (Fsp3) is 0.600. The van der Waals surface area contributed by atoms with Crippen molar-refractivity contribution in [1.29, 1.82) is 0 Å². The highest BCUT2D eigenvalue weighted by Crippen LogP contribution is 2.30. The van der Waals surface area contributed by atoms with E-state index < -0.39 is 0 Å². The first kappa shape index (κ1) is 12.4. The summed E-state index contributed by atoms with van der Waals surface area (Å²) in [7, 11) is 0. The van der Waals surface area contributed by atoms with Gasteiger partial charge in [-0.05, 0) is 49.9 Å². The zero-order chi connectivity index (χ0) is 12.3. The largest absolute Gasteiger partial charge is 0.508 e. The molecule has 2 heteroatoms. The number of rotatable bonds is 4. The van der Waals surface area contributed by atoms with Crippen LogP contribution in [0.15, 0.2) is 24.3 Å². The average molecular weight is 233 g/mol. The summed E-state index contributed by atoms with van der Waals surface area (Å²) in [4.78, 5) is 2.54. The molecule has 0 aromatic heterocycles. The van der Waals surface area contributed by atoms with Crippen LogP contribution in [0, 0.1) is 5.92 Å². The smallest absolute Gasteiger partial charge is 0.115 e. The van der Waals surface area contributed by atoms with Crippen LogP contribution >= 0.6 is 0 Å². The second-order valence-corrected chi connectivity index (χ2v) is 5.21. The maximum absolute atomic E-state index is 9.52. The number of aromatic hydroxyl groups is 1. The molecule has 1 saturated heterocycles. The molecule has 2 nitrogen and oxygen atoms in total. The molecule has 1 heterocycles. The van der Waals surface area contributed by atoms with Gasteiger partial charge in [-0.1, -0.05) is 25.5 Å². The summed E-state index contributed by atoms with van der Waals surface area (Å²) in [5.74, 6) is 1.25. The van der Waals surface area contributed by atoms with Crippen molar-refractivity contribution in [2.24, 2.45) is 5.92 Å². The Bertz CT molecular complexity index is 364. The van der Waals surface area contributed by atoms with Crippen molar-refractivity contribution in [2.75, 3.05) is 13.1 Å². The molecule has 17 heavy (non-hydrogen) atoms. The highest BCUT2D eigenvalue weighted by molar-refractivity contribution is 5.29. The van der Waals surface area contributed by atoms with Crippen molar-refractivity contribution in [1.82, 2.24) is 4.90 Å². The molecule has 1 aromatic carbocycles. The van der Waals surface area contributed by atoms with Crippen LogP contribution in [0.1, 0.15) is 44.7 Å². The molecule has 0 aliphatic carbocycles. The van der Waals surface area contributed by atoms with E-state index in [4.69, 9.17) is 0 Å². The molecular formula is C15H23NO. The Morgan fingerprint density at radius 2 is 2.29 bits per heavy atom. The minimum absolute atomic E-state index is 0.374. The maximum Gasteiger partial charge on any atom is 0.115 e. The van der Waals surface area contributed by atoms with E-state index in [-0.39, 0.29) is 0 Å². The van der Waals surface area contributed by atoms with Crippen LogP contribution in [0.3, 0.4) is 0 Å². The van der Waals surface area contributed by atoms with Crippen LogP contribution in [0.5, 0.6) is 5.75 Å². The second kappa shape index (κ2) is 5.54. The number of hydrogen-bond donors (Lipinski definition) is 1. The lowest BCUT2D eigenvalue weighted by Crippen LogP contribution is -2.24. The summed E-state index contributed by atoms with van der Waals surface area (Å²) in [6, 6.07) is 8.08. The minimum Gasteiger partial charge on any atom is -0.508 e. The van der Waals surface area contributed by atoms with Crippen LogP contribution < -0.4 is 0 Å². The summed E-state index contributed by atoms with van der Waals surface area (Å²) >= 11 is 0. The normalized spacial score (nSPS) is 22.8. The number of hydrogen-bond acceptors (Lipinski definition) is 2. The molecule has 2 unspecified atom stereocenters. The molecule has 1 N–H and O–H groups in total. The predicted molar refractivity (Wildman–Crippen MR) is 71.1 cm³/mol. The average Bonchev–Trinajstić information content (AvgIpc) is 2.77. The van der Waals surface area contributed by atoms with E-state index in [1.165, 1.54) is 37.9 Å². The molecule has 0 amide bonds. The van der Waals surface area contributed by atoms with Gasteiger partial charge in [0.15, 0.2) is 0 Å². The van der Waals surface area contributed by atoms with Gasteiger partial charge >= 0.3 is 0 Å². The Kier molecular flexibility index (Phi) is 4.06. The van der Waals surface area contributed by atoms with E-state index in [1.54, 1.807) is 6.07 Å². The van der Waals surface area contributed by atoms with E-state index in [2.05, 4.69) is 24.8 Å². The first-order valence-corrected chi connectivity index (χ1v) is 6.73. The van der Waals surface area contributed by atoms with Crippen LogP contribution in [0.25, 0.3) is 0 Å². The van der Waals surface area contributed by atoms with Crippen molar-refractivity contribution in [3.8, 4) is 5.75 Å². The zero-order valence-corrected chi connectivity index (χ0v) is 10.9. The third-order valence-corrected chi connectivity index (χ3v) is 3.91. The van der Waals surface area contributed by atoms with E-state index in [0.717, 1.165) is 5.92 Å². The summed E-state index contributed by atoms with van der Waals surface area (Å²) in [5, 5.41) is 9.52. The molecule has 0 spiro atoms. The predicted octanol–water partition coefficient (Wildman–Crippen LogP) is 3.58. The Labute approximate surface area is 104 Å². The lowest BCUT2D eigenvalue weighted by Gasteiger charge is -2.24. The third kappa shape index (κ3) is 3.01. The highest BCUT2D eigenvalue weighted by Gasteiger charge is 2.26. The van der Waals surface area contributed by atoms with Crippen LogP contribution in [0.4, 0.5) is 0 Å². The molecule has 2 atom stereocenters. The summed E-state index contributed by atoms with van der Waals surface area (Å²) in [6.45, 7) is 6.91. The molecule has 0 saturated carbocycles. The van der Waals surface area contributed by atoms with Gasteiger partial charge in [0.2, 0.25) is 0 Å². The molecule has 1 fully saturated rings. The first-order valence-electron chi connectivity index (χ1n) is 6.73. The van der Waals surface area contributed by atoms with E-state index in [1.807, 2.05) is 12.1 Å². The third-order valence-electron chi connectivity index (χ3n) is 3.91. The summed E-state index contributed by atoms with van der Waals surface area (Å²) in [5.41, 5.74) is 1.22. The monoisotopic (exact) mass is 233 g/mol. The van der Waals surface area contributed by atoms with E-state index in [0.29, 0.717) is 11.8 Å². The standard InChI is InChI=1S/C15H23NO/c1-3-5-13-8-9-16(11-13)12(2)14-6-4-7-15(17)10-14/h4,6-7,10,12-13,17H,3,5,8-9,11H2,1-2H3. The van der Waals surface area contributed by atoms with Gasteiger partial charge in [0.1, 0.15) is 5.75 Å². The Balaban J connectivity index is 1.99. The van der Waals surface area contributed by atoms with Gasteiger partial charge in [0.25, 0.3) is 0 Å². The summed E-state index contributed by atoms with van der Waals surface area (Å²) in [6.07, 6.45) is 3.97. The van der Waals surface area contributed by atoms with E-state index in [9.17, 15) is 5.11 Å². The SMILES string of the molecule is CCCC1CCN(C(C)c2cccc(O)c2)C1. The van der Waals surface area contributed by atoms with Crippen molar-refractivity contribution in [2.45, 2.75) is 39.2 Å². The molecule has 0 radical (unpaired) electrons. The molecule has 94 valence electrons. The first-order chi connectivity index (χ1) is 8.20. The molecule has 1 aromatic rings. The van der Waals surface area contributed by atoms with Crippen LogP contribution in [-0.4, -0.2) is 23.1 Å². The number of phenolic OH excluding ortho intramolecular Hbond substituents is 1. The van der Waals surface area contributed by atoms with Gasteiger partial charge in [-0.25, -0.2) is 0 Å². The zero-order valence-electron chi connectivity index (χ0n) is 10.9. The molecule has 2 rings (SSSR count). The van der Waals surface area contributed by atoms with Gasteiger partial charge in [0, 0.05) is 12.6 Å². The van der Waals surface area contributed by atoms with Gasteiger partial charge in [-0.15, -0.1) is 0 Å². The second-order valence-electron chi connectivity index (χ2n) is 5.21. The number of benzene rings is 1.